The molecule has 0 saturated carbocycles. The van der Waals surface area contributed by atoms with Gasteiger partial charge in [0.1, 0.15) is 6.04 Å². The van der Waals surface area contributed by atoms with Crippen LogP contribution >= 0.6 is 11.8 Å². The quantitative estimate of drug-likeness (QED) is 0.563. The number of anilines is 1. The Morgan fingerprint density at radius 2 is 1.79 bits per heavy atom. The van der Waals surface area contributed by atoms with E-state index in [2.05, 4.69) is 27.8 Å². The highest BCUT2D eigenvalue weighted by Gasteiger charge is 2.40. The summed E-state index contributed by atoms with van der Waals surface area (Å²) in [5, 5.41) is 5.93. The van der Waals surface area contributed by atoms with Crippen molar-refractivity contribution in [1.29, 1.82) is 0 Å². The minimum atomic E-state index is -0.638. The molecule has 7 nitrogen and oxygen atoms in total. The van der Waals surface area contributed by atoms with Crippen LogP contribution in [-0.4, -0.2) is 52.5 Å². The van der Waals surface area contributed by atoms with E-state index in [4.69, 9.17) is 0 Å². The molecule has 1 fully saturated rings. The average Bonchev–Trinajstić information content (AvgIpc) is 2.98. The van der Waals surface area contributed by atoms with Crippen LogP contribution in [0.4, 0.5) is 5.69 Å². The molecular formula is C26H24N4O3S. The predicted octanol–water partition coefficient (Wildman–Crippen LogP) is 3.83. The molecular weight excluding hydrogens is 448 g/mol. The summed E-state index contributed by atoms with van der Waals surface area (Å²) in [4.78, 5) is 45.8. The first-order chi connectivity index (χ1) is 16.5. The van der Waals surface area contributed by atoms with E-state index >= 15 is 0 Å². The Labute approximate surface area is 202 Å². The summed E-state index contributed by atoms with van der Waals surface area (Å²) in [5.41, 5.74) is 3.46. The molecule has 0 radical (unpaired) electrons. The molecule has 3 heterocycles. The largest absolute Gasteiger partial charge is 0.349 e. The van der Waals surface area contributed by atoms with Gasteiger partial charge in [-0.1, -0.05) is 18.2 Å². The number of thioether (sulfide) groups is 1. The Morgan fingerprint density at radius 3 is 2.53 bits per heavy atom. The summed E-state index contributed by atoms with van der Waals surface area (Å²) >= 11 is 1.68. The standard InChI is InChI=1S/C26H24N4O3S/c1-34-20-5-2-16(3-6-20)18-4-7-22-21(14-18)26(33)30-13-10-19(15-23(30)25(32)29-22)28-24(31)17-8-11-27-12-9-17/h2-9,11-12,14,19,23H,10,13,15H2,1H3,(H,28,31)(H,29,32). The monoisotopic (exact) mass is 472 g/mol. The van der Waals surface area contributed by atoms with Crippen molar-refractivity contribution < 1.29 is 14.4 Å². The average molecular weight is 473 g/mol. The lowest BCUT2D eigenvalue weighted by atomic mass is 9.95. The SMILES string of the molecule is CSc1ccc(-c2ccc3c(c2)C(=O)N2CCC(NC(=O)c4ccncc4)CC2C(=O)N3)cc1. The lowest BCUT2D eigenvalue weighted by molar-refractivity contribution is -0.121. The van der Waals surface area contributed by atoms with Crippen LogP contribution in [0.15, 0.2) is 71.9 Å². The van der Waals surface area contributed by atoms with Crippen molar-refractivity contribution >= 4 is 35.2 Å². The number of benzene rings is 2. The summed E-state index contributed by atoms with van der Waals surface area (Å²) in [6.45, 7) is 0.393. The first kappa shape index (κ1) is 22.2. The summed E-state index contributed by atoms with van der Waals surface area (Å²) < 4.78 is 0. The molecule has 34 heavy (non-hydrogen) atoms. The molecule has 0 bridgehead atoms. The fraction of sp³-hybridized carbons (Fsp3) is 0.231. The molecule has 2 aliphatic heterocycles. The molecule has 172 valence electrons. The van der Waals surface area contributed by atoms with Crippen LogP contribution in [0.25, 0.3) is 11.1 Å². The van der Waals surface area contributed by atoms with E-state index in [1.165, 1.54) is 4.90 Å². The summed E-state index contributed by atoms with van der Waals surface area (Å²) in [5.74, 6) is -0.603. The van der Waals surface area contributed by atoms with Gasteiger partial charge < -0.3 is 15.5 Å². The van der Waals surface area contributed by atoms with E-state index < -0.39 is 6.04 Å². The normalized spacial score (nSPS) is 19.5. The zero-order chi connectivity index (χ0) is 23.7. The van der Waals surface area contributed by atoms with E-state index in [9.17, 15) is 14.4 Å². The summed E-state index contributed by atoms with van der Waals surface area (Å²) in [7, 11) is 0. The number of nitrogens with one attached hydrogen (secondary N) is 2. The second-order valence-electron chi connectivity index (χ2n) is 8.42. The third-order valence-corrected chi connectivity index (χ3v) is 7.12. The van der Waals surface area contributed by atoms with Crippen molar-refractivity contribution in [2.45, 2.75) is 29.8 Å². The molecule has 0 spiro atoms. The molecule has 2 atom stereocenters. The van der Waals surface area contributed by atoms with Gasteiger partial charge in [-0.2, -0.15) is 0 Å². The zero-order valence-electron chi connectivity index (χ0n) is 18.7. The van der Waals surface area contributed by atoms with Crippen LogP contribution in [0.3, 0.4) is 0 Å². The van der Waals surface area contributed by atoms with E-state index in [0.29, 0.717) is 36.2 Å². The number of hydrogen-bond donors (Lipinski definition) is 2. The fourth-order valence-electron chi connectivity index (χ4n) is 4.52. The maximum absolute atomic E-state index is 13.5. The number of carbonyl (C=O) groups is 3. The molecule has 5 rings (SSSR count). The van der Waals surface area contributed by atoms with Gasteiger partial charge in [0.2, 0.25) is 5.91 Å². The fourth-order valence-corrected chi connectivity index (χ4v) is 4.93. The highest BCUT2D eigenvalue weighted by Crippen LogP contribution is 2.32. The molecule has 3 aromatic rings. The minimum Gasteiger partial charge on any atom is -0.349 e. The van der Waals surface area contributed by atoms with Gasteiger partial charge in [0.05, 0.1) is 11.3 Å². The Bertz CT molecular complexity index is 1250. The van der Waals surface area contributed by atoms with Gasteiger partial charge in [0.25, 0.3) is 11.8 Å². The van der Waals surface area contributed by atoms with Gasteiger partial charge in [-0.15, -0.1) is 11.8 Å². The van der Waals surface area contributed by atoms with Gasteiger partial charge in [0, 0.05) is 35.4 Å². The minimum absolute atomic E-state index is 0.167. The summed E-state index contributed by atoms with van der Waals surface area (Å²) in [6.07, 6.45) is 6.11. The highest BCUT2D eigenvalue weighted by molar-refractivity contribution is 7.98. The Kier molecular flexibility index (Phi) is 6.06. The molecule has 3 amide bonds. The number of aromatic nitrogens is 1. The number of piperidine rings is 1. The number of fused-ring (bicyclic) bond motifs is 2. The third kappa shape index (κ3) is 4.28. The van der Waals surface area contributed by atoms with E-state index in [1.807, 2.05) is 30.5 Å². The Morgan fingerprint density at radius 1 is 1.06 bits per heavy atom. The maximum atomic E-state index is 13.5. The number of hydrogen-bond acceptors (Lipinski definition) is 5. The van der Waals surface area contributed by atoms with Crippen LogP contribution in [0, 0.1) is 0 Å². The predicted molar refractivity (Wildman–Crippen MR) is 132 cm³/mol. The molecule has 2 aliphatic rings. The van der Waals surface area contributed by atoms with Crippen LogP contribution in [-0.2, 0) is 4.79 Å². The number of nitrogens with zero attached hydrogens (tertiary/aromatic N) is 2. The Hall–Kier alpha value is -3.65. The molecule has 1 saturated heterocycles. The molecule has 1 aromatic heterocycles. The smallest absolute Gasteiger partial charge is 0.256 e. The molecule has 2 aromatic carbocycles. The van der Waals surface area contributed by atoms with Gasteiger partial charge in [-0.05, 0) is 66.6 Å². The number of rotatable bonds is 4. The first-order valence-electron chi connectivity index (χ1n) is 11.1. The van der Waals surface area contributed by atoms with Crippen LogP contribution in [0.1, 0.15) is 33.6 Å². The van der Waals surface area contributed by atoms with Crippen molar-refractivity contribution in [3.8, 4) is 11.1 Å². The number of amides is 3. The van der Waals surface area contributed by atoms with Crippen molar-refractivity contribution in [2.75, 3.05) is 18.1 Å². The molecule has 2 N–H and O–H groups in total. The molecule has 2 unspecified atom stereocenters. The number of pyridine rings is 1. The van der Waals surface area contributed by atoms with Crippen molar-refractivity contribution in [1.82, 2.24) is 15.2 Å². The van der Waals surface area contributed by atoms with Crippen molar-refractivity contribution in [3.05, 3.63) is 78.1 Å². The van der Waals surface area contributed by atoms with Crippen molar-refractivity contribution in [3.63, 3.8) is 0 Å². The highest BCUT2D eigenvalue weighted by atomic mass is 32.2. The van der Waals surface area contributed by atoms with Crippen LogP contribution in [0.2, 0.25) is 0 Å². The van der Waals surface area contributed by atoms with Gasteiger partial charge in [-0.25, -0.2) is 0 Å². The van der Waals surface area contributed by atoms with Crippen molar-refractivity contribution in [2.24, 2.45) is 0 Å². The maximum Gasteiger partial charge on any atom is 0.256 e. The number of carbonyl (C=O) groups excluding carboxylic acids is 3. The zero-order valence-corrected chi connectivity index (χ0v) is 19.5. The van der Waals surface area contributed by atoms with E-state index in [0.717, 1.165) is 11.1 Å². The van der Waals surface area contributed by atoms with Gasteiger partial charge in [-0.3, -0.25) is 19.4 Å². The lowest BCUT2D eigenvalue weighted by Crippen LogP contribution is -2.55. The first-order valence-corrected chi connectivity index (χ1v) is 12.4. The second-order valence-corrected chi connectivity index (χ2v) is 9.30. The van der Waals surface area contributed by atoms with E-state index in [-0.39, 0.29) is 23.8 Å². The lowest BCUT2D eigenvalue weighted by Gasteiger charge is -2.37. The second kappa shape index (κ2) is 9.30. The van der Waals surface area contributed by atoms with Gasteiger partial charge >= 0.3 is 0 Å². The topological polar surface area (TPSA) is 91.4 Å². The summed E-state index contributed by atoms with van der Waals surface area (Å²) in [6, 6.07) is 16.2. The molecule has 8 heteroatoms. The van der Waals surface area contributed by atoms with Crippen LogP contribution < -0.4 is 10.6 Å². The van der Waals surface area contributed by atoms with E-state index in [1.54, 1.807) is 47.3 Å². The Balaban J connectivity index is 1.36. The van der Waals surface area contributed by atoms with Crippen LogP contribution in [0.5, 0.6) is 0 Å². The third-order valence-electron chi connectivity index (χ3n) is 6.37. The van der Waals surface area contributed by atoms with Gasteiger partial charge in [0.15, 0.2) is 0 Å². The molecule has 0 aliphatic carbocycles.